The number of halogens is 2. The van der Waals surface area contributed by atoms with Crippen LogP contribution in [-0.2, 0) is 11.2 Å². The van der Waals surface area contributed by atoms with Crippen LogP contribution in [0.25, 0.3) is 0 Å². The lowest BCUT2D eigenvalue weighted by Gasteiger charge is -2.41. The number of amides is 2. The molecule has 0 saturated carbocycles. The van der Waals surface area contributed by atoms with E-state index in [-0.39, 0.29) is 23.9 Å². The molecule has 2 atom stereocenters. The maximum atomic E-state index is 13.8. The third-order valence-electron chi connectivity index (χ3n) is 7.60. The molecule has 194 valence electrons. The Hall–Kier alpha value is -2.38. The zero-order valence-electron chi connectivity index (χ0n) is 21.1. The number of fused-ring (bicyclic) bond motifs is 1. The van der Waals surface area contributed by atoms with Crippen LogP contribution in [0.15, 0.2) is 53.9 Å². The van der Waals surface area contributed by atoms with Crippen LogP contribution in [0.2, 0.25) is 10.0 Å². The number of nitrogens with zero attached hydrogens (tertiary/aromatic N) is 3. The maximum Gasteiger partial charge on any atom is 0.253 e. The van der Waals surface area contributed by atoms with Crippen LogP contribution in [0.4, 0.5) is 0 Å². The molecule has 0 bridgehead atoms. The van der Waals surface area contributed by atoms with Crippen LogP contribution in [0.3, 0.4) is 0 Å². The minimum absolute atomic E-state index is 0.0647. The van der Waals surface area contributed by atoms with Crippen LogP contribution in [0.5, 0.6) is 0 Å². The standard InChI is InChI=1S/C29H31Cl2N3O2S/c1-19-6-3-4-7-22(19)27-23-11-17-37-26(23)10-14-34(27)20(2)28(35)32-12-5-13-33(16-15-32)29(36)21-8-9-24(30)25(31)18-21/h3-4,6-9,11,17-18,20,27H,5,10,12-16H2,1-2H3/t20-,27-/m1/s1. The Labute approximate surface area is 232 Å². The predicted molar refractivity (Wildman–Crippen MR) is 151 cm³/mol. The lowest BCUT2D eigenvalue weighted by atomic mass is 9.89. The normalized spacial score (nSPS) is 19.3. The molecular weight excluding hydrogens is 525 g/mol. The number of aryl methyl sites for hydroxylation is 1. The van der Waals surface area contributed by atoms with Crippen molar-refractivity contribution in [2.24, 2.45) is 0 Å². The number of carbonyl (C=O) groups is 2. The second-order valence-corrected chi connectivity index (χ2v) is 11.6. The first-order valence-electron chi connectivity index (χ1n) is 12.8. The second kappa shape index (κ2) is 11.2. The van der Waals surface area contributed by atoms with E-state index in [4.69, 9.17) is 23.2 Å². The summed E-state index contributed by atoms with van der Waals surface area (Å²) in [5, 5.41) is 2.96. The van der Waals surface area contributed by atoms with E-state index in [9.17, 15) is 9.59 Å². The van der Waals surface area contributed by atoms with Crippen molar-refractivity contribution in [2.75, 3.05) is 32.7 Å². The quantitative estimate of drug-likeness (QED) is 0.392. The van der Waals surface area contributed by atoms with Crippen LogP contribution >= 0.6 is 34.5 Å². The zero-order chi connectivity index (χ0) is 26.1. The van der Waals surface area contributed by atoms with Crippen LogP contribution < -0.4 is 0 Å². The molecule has 3 heterocycles. The van der Waals surface area contributed by atoms with Crippen molar-refractivity contribution < 1.29 is 9.59 Å². The molecule has 0 N–H and O–H groups in total. The third kappa shape index (κ3) is 5.30. The van der Waals surface area contributed by atoms with Gasteiger partial charge in [-0.25, -0.2) is 0 Å². The Bertz CT molecular complexity index is 1310. The van der Waals surface area contributed by atoms with Gasteiger partial charge in [-0.3, -0.25) is 14.5 Å². The molecule has 37 heavy (non-hydrogen) atoms. The van der Waals surface area contributed by atoms with E-state index in [1.807, 2.05) is 28.1 Å². The largest absolute Gasteiger partial charge is 0.340 e. The fraction of sp³-hybridized carbons (Fsp3) is 0.379. The molecule has 1 saturated heterocycles. The highest BCUT2D eigenvalue weighted by atomic mass is 35.5. The van der Waals surface area contributed by atoms with E-state index in [1.165, 1.54) is 21.6 Å². The van der Waals surface area contributed by atoms with Crippen LogP contribution in [0.1, 0.15) is 51.3 Å². The van der Waals surface area contributed by atoms with Gasteiger partial charge in [-0.05, 0) is 73.0 Å². The van der Waals surface area contributed by atoms with Gasteiger partial charge in [-0.2, -0.15) is 0 Å². The van der Waals surface area contributed by atoms with Gasteiger partial charge in [0.2, 0.25) is 5.91 Å². The fourth-order valence-electron chi connectivity index (χ4n) is 5.55. The molecule has 2 aromatic carbocycles. The minimum Gasteiger partial charge on any atom is -0.340 e. The lowest BCUT2D eigenvalue weighted by molar-refractivity contribution is -0.137. The molecule has 0 aliphatic carbocycles. The van der Waals surface area contributed by atoms with E-state index in [1.54, 1.807) is 18.2 Å². The first kappa shape index (κ1) is 26.2. The van der Waals surface area contributed by atoms with Crippen molar-refractivity contribution in [3.63, 3.8) is 0 Å². The van der Waals surface area contributed by atoms with Gasteiger partial charge in [-0.1, -0.05) is 47.5 Å². The van der Waals surface area contributed by atoms with Gasteiger partial charge < -0.3 is 9.80 Å². The highest BCUT2D eigenvalue weighted by Crippen LogP contribution is 2.40. The van der Waals surface area contributed by atoms with Gasteiger partial charge in [0.05, 0.1) is 22.1 Å². The number of benzene rings is 2. The summed E-state index contributed by atoms with van der Waals surface area (Å²) in [6.07, 6.45) is 1.69. The number of rotatable bonds is 4. The summed E-state index contributed by atoms with van der Waals surface area (Å²) in [6.45, 7) is 7.28. The van der Waals surface area contributed by atoms with Crippen molar-refractivity contribution >= 4 is 46.4 Å². The van der Waals surface area contributed by atoms with Crippen molar-refractivity contribution in [3.8, 4) is 0 Å². The Morgan fingerprint density at radius 2 is 1.68 bits per heavy atom. The summed E-state index contributed by atoms with van der Waals surface area (Å²) >= 11 is 14.0. The van der Waals surface area contributed by atoms with Crippen LogP contribution in [-0.4, -0.2) is 65.3 Å². The Morgan fingerprint density at radius 1 is 0.919 bits per heavy atom. The molecule has 1 aromatic heterocycles. The highest BCUT2D eigenvalue weighted by Gasteiger charge is 2.37. The number of hydrogen-bond donors (Lipinski definition) is 0. The average molecular weight is 557 g/mol. The smallest absolute Gasteiger partial charge is 0.253 e. The minimum atomic E-state index is -0.269. The number of hydrogen-bond acceptors (Lipinski definition) is 4. The Balaban J connectivity index is 1.32. The first-order valence-corrected chi connectivity index (χ1v) is 14.4. The molecule has 1 fully saturated rings. The molecule has 2 aliphatic heterocycles. The number of carbonyl (C=O) groups excluding carboxylic acids is 2. The summed E-state index contributed by atoms with van der Waals surface area (Å²) < 4.78 is 0. The summed E-state index contributed by atoms with van der Waals surface area (Å²) in [5.41, 5.74) is 4.33. The molecule has 5 rings (SSSR count). The van der Waals surface area contributed by atoms with E-state index < -0.39 is 0 Å². The topological polar surface area (TPSA) is 43.9 Å². The Morgan fingerprint density at radius 3 is 2.46 bits per heavy atom. The van der Waals surface area contributed by atoms with Crippen molar-refractivity contribution in [1.82, 2.24) is 14.7 Å². The zero-order valence-corrected chi connectivity index (χ0v) is 23.5. The van der Waals surface area contributed by atoms with Gasteiger partial charge in [0, 0.05) is 43.2 Å². The molecular formula is C29H31Cl2N3O2S. The van der Waals surface area contributed by atoms with E-state index >= 15 is 0 Å². The molecule has 8 heteroatoms. The molecule has 0 unspecified atom stereocenters. The Kier molecular flexibility index (Phi) is 7.91. The highest BCUT2D eigenvalue weighted by molar-refractivity contribution is 7.10. The maximum absolute atomic E-state index is 13.8. The van der Waals surface area contributed by atoms with E-state index in [0.29, 0.717) is 41.8 Å². The van der Waals surface area contributed by atoms with Crippen molar-refractivity contribution in [1.29, 1.82) is 0 Å². The summed E-state index contributed by atoms with van der Waals surface area (Å²) in [7, 11) is 0. The van der Waals surface area contributed by atoms with E-state index in [2.05, 4.69) is 47.5 Å². The van der Waals surface area contributed by atoms with Gasteiger partial charge in [0.1, 0.15) is 0 Å². The van der Waals surface area contributed by atoms with Gasteiger partial charge >= 0.3 is 0 Å². The van der Waals surface area contributed by atoms with Crippen LogP contribution in [0, 0.1) is 6.92 Å². The molecule has 2 amide bonds. The summed E-state index contributed by atoms with van der Waals surface area (Å²) in [4.78, 5) is 34.5. The molecule has 0 radical (unpaired) electrons. The lowest BCUT2D eigenvalue weighted by Crippen LogP contribution is -2.51. The molecule has 5 nitrogen and oxygen atoms in total. The van der Waals surface area contributed by atoms with E-state index in [0.717, 1.165) is 19.4 Å². The van der Waals surface area contributed by atoms with Gasteiger partial charge in [0.15, 0.2) is 0 Å². The molecule has 2 aliphatic rings. The van der Waals surface area contributed by atoms with Gasteiger partial charge in [0.25, 0.3) is 5.91 Å². The molecule has 0 spiro atoms. The summed E-state index contributed by atoms with van der Waals surface area (Å²) in [5.74, 6) is 0.0441. The fourth-order valence-corrected chi connectivity index (χ4v) is 6.75. The van der Waals surface area contributed by atoms with Crippen molar-refractivity contribution in [2.45, 2.75) is 38.8 Å². The average Bonchev–Trinajstić information content (AvgIpc) is 3.25. The summed E-state index contributed by atoms with van der Waals surface area (Å²) in [6, 6.07) is 15.5. The third-order valence-corrected chi connectivity index (χ3v) is 9.34. The van der Waals surface area contributed by atoms with Crippen molar-refractivity contribution in [3.05, 3.63) is 91.1 Å². The molecule has 3 aromatic rings. The first-order chi connectivity index (χ1) is 17.8. The SMILES string of the molecule is Cc1ccccc1[C@@H]1c2ccsc2CCN1[C@H](C)C(=O)N1CCCN(C(=O)c2ccc(Cl)c(Cl)c2)CC1. The van der Waals surface area contributed by atoms with Gasteiger partial charge in [-0.15, -0.1) is 11.3 Å². The number of thiophene rings is 1. The second-order valence-electron chi connectivity index (χ2n) is 9.82. The monoisotopic (exact) mass is 555 g/mol. The predicted octanol–water partition coefficient (Wildman–Crippen LogP) is 6.07.